The molecule has 15 rings (SSSR count). The van der Waals surface area contributed by atoms with Crippen LogP contribution in [0.3, 0.4) is 0 Å². The Morgan fingerprint density at radius 1 is 0.350 bits per heavy atom. The number of hydrogen-bond acceptors (Lipinski definition) is 0. The molecule has 384 valence electrons. The van der Waals surface area contributed by atoms with Gasteiger partial charge in [0, 0.05) is 16.2 Å². The fourth-order valence-electron chi connectivity index (χ4n) is 15.7. The zero-order valence-electron chi connectivity index (χ0n) is 47.2. The minimum absolute atomic E-state index is 0.135. The molecule has 0 nitrogen and oxygen atoms in total. The molecule has 3 aliphatic carbocycles. The van der Waals surface area contributed by atoms with E-state index in [2.05, 4.69) is 274 Å². The SMILES string of the molecule is C=Cc1c(C)ccc(-c2ccc3c(c2)C(C)(Cc2cccc4c2-c2cccc(-c5ccc(-c6ccc7c(C)ccc(-c8ccc9c(c8)C(C)(C)c8c-9ccc9ccccc89)c7c6)c6ccccc56)c2C4(C)C)c2ccccc2-3)c1C. The van der Waals surface area contributed by atoms with E-state index in [1.165, 1.54) is 171 Å². The molecule has 0 amide bonds. The summed E-state index contributed by atoms with van der Waals surface area (Å²) in [7, 11) is 0. The Morgan fingerprint density at radius 2 is 0.875 bits per heavy atom. The van der Waals surface area contributed by atoms with E-state index in [0.29, 0.717) is 0 Å². The molecule has 0 heteroatoms. The molecule has 80 heavy (non-hydrogen) atoms. The number of benzene rings is 12. The van der Waals surface area contributed by atoms with Crippen LogP contribution < -0.4 is 0 Å². The highest BCUT2D eigenvalue weighted by Crippen LogP contribution is 2.58. The summed E-state index contributed by atoms with van der Waals surface area (Å²) in [5.41, 5.74) is 32.6. The van der Waals surface area contributed by atoms with Gasteiger partial charge in [-0.2, -0.15) is 0 Å². The van der Waals surface area contributed by atoms with E-state index in [9.17, 15) is 0 Å². The molecule has 0 aromatic heterocycles. The zero-order chi connectivity index (χ0) is 54.6. The van der Waals surface area contributed by atoms with Gasteiger partial charge in [0.15, 0.2) is 0 Å². The Bertz CT molecular complexity index is 4680. The molecule has 0 saturated carbocycles. The first-order valence-electron chi connectivity index (χ1n) is 28.7. The smallest absolute Gasteiger partial charge is 0.0227 e. The molecular formula is C80H64. The zero-order valence-corrected chi connectivity index (χ0v) is 47.2. The van der Waals surface area contributed by atoms with Gasteiger partial charge in [-0.25, -0.2) is 0 Å². The third-order valence-electron chi connectivity index (χ3n) is 19.6. The van der Waals surface area contributed by atoms with E-state index in [1.807, 2.05) is 6.08 Å². The first-order valence-corrected chi connectivity index (χ1v) is 28.7. The lowest BCUT2D eigenvalue weighted by molar-refractivity contribution is 0.583. The lowest BCUT2D eigenvalue weighted by Gasteiger charge is -2.30. The summed E-state index contributed by atoms with van der Waals surface area (Å²) in [5, 5.41) is 7.77. The number of hydrogen-bond donors (Lipinski definition) is 0. The van der Waals surface area contributed by atoms with Gasteiger partial charge in [-0.3, -0.25) is 0 Å². The summed E-state index contributed by atoms with van der Waals surface area (Å²) < 4.78 is 0. The maximum atomic E-state index is 4.19. The largest absolute Gasteiger partial charge is 0.0984 e. The van der Waals surface area contributed by atoms with Gasteiger partial charge in [-0.05, 0) is 217 Å². The summed E-state index contributed by atoms with van der Waals surface area (Å²) in [5.74, 6) is 0. The van der Waals surface area contributed by atoms with Gasteiger partial charge in [-0.15, -0.1) is 0 Å². The minimum Gasteiger partial charge on any atom is -0.0984 e. The normalized spacial score (nSPS) is 15.8. The molecule has 0 bridgehead atoms. The summed E-state index contributed by atoms with van der Waals surface area (Å²) in [4.78, 5) is 0. The number of rotatable bonds is 7. The van der Waals surface area contributed by atoms with E-state index in [0.717, 1.165) is 6.42 Å². The van der Waals surface area contributed by atoms with Crippen molar-refractivity contribution in [3.05, 3.63) is 280 Å². The first kappa shape index (κ1) is 48.3. The highest BCUT2D eigenvalue weighted by atomic mass is 14.5. The predicted molar refractivity (Wildman–Crippen MR) is 342 cm³/mol. The second-order valence-electron chi connectivity index (χ2n) is 24.7. The molecule has 1 atom stereocenters. The van der Waals surface area contributed by atoms with Gasteiger partial charge in [-0.1, -0.05) is 241 Å². The fraction of sp³-hybridized carbons (Fsp3) is 0.150. The summed E-state index contributed by atoms with van der Waals surface area (Å²) >= 11 is 0. The van der Waals surface area contributed by atoms with Crippen LogP contribution in [0.2, 0.25) is 0 Å². The van der Waals surface area contributed by atoms with Crippen LogP contribution in [-0.2, 0) is 22.7 Å². The highest BCUT2D eigenvalue weighted by Gasteiger charge is 2.44. The highest BCUT2D eigenvalue weighted by molar-refractivity contribution is 6.09. The molecular weight excluding hydrogens is 961 g/mol. The average molecular weight is 1030 g/mol. The second-order valence-corrected chi connectivity index (χ2v) is 24.7. The Morgan fingerprint density at radius 3 is 1.69 bits per heavy atom. The fourth-order valence-corrected chi connectivity index (χ4v) is 15.7. The van der Waals surface area contributed by atoms with Crippen molar-refractivity contribution in [2.75, 3.05) is 0 Å². The van der Waals surface area contributed by atoms with Crippen LogP contribution in [0, 0.1) is 20.8 Å². The van der Waals surface area contributed by atoms with Crippen molar-refractivity contribution in [3.8, 4) is 77.9 Å². The molecule has 0 saturated heterocycles. The summed E-state index contributed by atoms with van der Waals surface area (Å²) in [6.07, 6.45) is 2.90. The first-order chi connectivity index (χ1) is 38.8. The van der Waals surface area contributed by atoms with Crippen LogP contribution in [-0.4, -0.2) is 0 Å². The Balaban J connectivity index is 0.826. The molecule has 3 aliphatic rings. The van der Waals surface area contributed by atoms with Gasteiger partial charge >= 0.3 is 0 Å². The summed E-state index contributed by atoms with van der Waals surface area (Å²) in [6, 6.07) is 81.6. The lowest BCUT2D eigenvalue weighted by Crippen LogP contribution is -2.24. The number of fused-ring (bicyclic) bond motifs is 13. The second kappa shape index (κ2) is 17.3. The van der Waals surface area contributed by atoms with E-state index in [1.54, 1.807) is 0 Å². The van der Waals surface area contributed by atoms with Crippen LogP contribution in [0.1, 0.15) is 95.8 Å². The van der Waals surface area contributed by atoms with E-state index < -0.39 is 0 Å². The lowest BCUT2D eigenvalue weighted by atomic mass is 9.73. The van der Waals surface area contributed by atoms with Crippen LogP contribution in [0.25, 0.3) is 116 Å². The molecule has 0 fully saturated rings. The molecule has 0 N–H and O–H groups in total. The van der Waals surface area contributed by atoms with Gasteiger partial charge in [0.25, 0.3) is 0 Å². The quantitative estimate of drug-likeness (QED) is 0.149. The van der Waals surface area contributed by atoms with E-state index in [-0.39, 0.29) is 16.2 Å². The van der Waals surface area contributed by atoms with Crippen LogP contribution in [0.15, 0.2) is 219 Å². The van der Waals surface area contributed by atoms with Crippen LogP contribution in [0.5, 0.6) is 0 Å². The van der Waals surface area contributed by atoms with Crippen molar-refractivity contribution >= 4 is 38.4 Å². The van der Waals surface area contributed by atoms with Crippen LogP contribution in [0.4, 0.5) is 0 Å². The molecule has 0 heterocycles. The molecule has 12 aromatic carbocycles. The van der Waals surface area contributed by atoms with Crippen molar-refractivity contribution in [3.63, 3.8) is 0 Å². The molecule has 12 aromatic rings. The van der Waals surface area contributed by atoms with Gasteiger partial charge in [0.2, 0.25) is 0 Å². The van der Waals surface area contributed by atoms with Gasteiger partial charge in [0.05, 0.1) is 0 Å². The molecule has 0 aliphatic heterocycles. The van der Waals surface area contributed by atoms with E-state index >= 15 is 0 Å². The van der Waals surface area contributed by atoms with Crippen molar-refractivity contribution in [1.29, 1.82) is 0 Å². The number of aryl methyl sites for hydroxylation is 2. The maximum absolute atomic E-state index is 4.19. The Hall–Kier alpha value is -8.84. The van der Waals surface area contributed by atoms with Crippen LogP contribution >= 0.6 is 0 Å². The van der Waals surface area contributed by atoms with Crippen molar-refractivity contribution in [2.45, 2.75) is 78.1 Å². The van der Waals surface area contributed by atoms with Crippen molar-refractivity contribution < 1.29 is 0 Å². The molecule has 0 radical (unpaired) electrons. The topological polar surface area (TPSA) is 0 Å². The van der Waals surface area contributed by atoms with Gasteiger partial charge in [0.1, 0.15) is 0 Å². The van der Waals surface area contributed by atoms with Crippen molar-refractivity contribution in [1.82, 2.24) is 0 Å². The Kier molecular flexibility index (Phi) is 10.5. The maximum Gasteiger partial charge on any atom is 0.0227 e. The minimum atomic E-state index is -0.254. The standard InChI is InChI=1S/C80H64/c1-10-55-47(2)29-35-57(49(55)4)52-33-38-65-64-24-15-16-27-71(64)80(9,74(65)45-52)46-54-20-17-28-72-75(54)69-26-18-25-67(77(69)78(72,5)6)63-42-41-58(61-22-13-14-23-62(61)63)51-32-37-56-48(3)30-36-59(70(56)43-51)53-34-39-66-68-40-31-50-19-11-12-21-60(50)76(68)79(7,8)73(66)44-53/h10-45H,1,46H2,2-9H3. The predicted octanol–water partition coefficient (Wildman–Crippen LogP) is 21.5. The monoisotopic (exact) mass is 1020 g/mol. The molecule has 1 unspecified atom stereocenters. The van der Waals surface area contributed by atoms with Crippen molar-refractivity contribution in [2.24, 2.45) is 0 Å². The summed E-state index contributed by atoms with van der Waals surface area (Å²) in [6.45, 7) is 23.1. The van der Waals surface area contributed by atoms with Gasteiger partial charge < -0.3 is 0 Å². The van der Waals surface area contributed by atoms with E-state index in [4.69, 9.17) is 0 Å². The average Bonchev–Trinajstić information content (AvgIpc) is 3.78. The Labute approximate surface area is 471 Å². The molecule has 0 spiro atoms. The third kappa shape index (κ3) is 6.75. The third-order valence-corrected chi connectivity index (χ3v) is 19.6.